The number of benzene rings is 1. The highest BCUT2D eigenvalue weighted by Gasteiger charge is 2.04. The molecule has 0 fully saturated rings. The van der Waals surface area contributed by atoms with E-state index >= 15 is 0 Å². The summed E-state index contributed by atoms with van der Waals surface area (Å²) in [5, 5.41) is 6.52. The van der Waals surface area contributed by atoms with E-state index in [-0.39, 0.29) is 0 Å². The number of hydrogen-bond acceptors (Lipinski definition) is 5. The van der Waals surface area contributed by atoms with Crippen molar-refractivity contribution in [3.05, 3.63) is 78.2 Å². The van der Waals surface area contributed by atoms with Gasteiger partial charge in [0.05, 0.1) is 18.8 Å². The third-order valence-corrected chi connectivity index (χ3v) is 4.00. The molecule has 7 nitrogen and oxygen atoms in total. The van der Waals surface area contributed by atoms with Crippen molar-refractivity contribution in [3.8, 4) is 17.4 Å². The first kappa shape index (κ1) is 20.1. The number of aliphatic imine (C=N–C) groups is 1. The van der Waals surface area contributed by atoms with E-state index in [4.69, 9.17) is 9.47 Å². The first-order chi connectivity index (χ1) is 14.3. The van der Waals surface area contributed by atoms with Gasteiger partial charge in [-0.1, -0.05) is 6.07 Å². The average Bonchev–Trinajstić information content (AvgIpc) is 2.76. The summed E-state index contributed by atoms with van der Waals surface area (Å²) in [6.07, 6.45) is 3.50. The minimum atomic E-state index is 0.532. The molecule has 0 aliphatic heterocycles. The highest BCUT2D eigenvalue weighted by molar-refractivity contribution is 5.79. The molecule has 3 aromatic rings. The SMILES string of the molecule is CCOc1ccc(Oc2cc(CNC(=NC)NCc3ccccn3)ccn2)cc1. The summed E-state index contributed by atoms with van der Waals surface area (Å²) in [4.78, 5) is 12.8. The molecule has 0 spiro atoms. The summed E-state index contributed by atoms with van der Waals surface area (Å²) in [6.45, 7) is 3.78. The smallest absolute Gasteiger partial charge is 0.219 e. The summed E-state index contributed by atoms with van der Waals surface area (Å²) in [7, 11) is 1.74. The molecule has 150 valence electrons. The fourth-order valence-electron chi connectivity index (χ4n) is 2.59. The number of hydrogen-bond donors (Lipinski definition) is 2. The standard InChI is InChI=1S/C22H25N5O2/c1-3-28-19-7-9-20(10-8-19)29-21-14-17(11-13-25-21)15-26-22(23-2)27-16-18-6-4-5-12-24-18/h4-14H,3,15-16H2,1-2H3,(H2,23,26,27). The second-order valence-electron chi connectivity index (χ2n) is 6.11. The first-order valence-electron chi connectivity index (χ1n) is 9.47. The van der Waals surface area contributed by atoms with Crippen molar-refractivity contribution >= 4 is 5.96 Å². The fraction of sp³-hybridized carbons (Fsp3) is 0.227. The Labute approximate surface area is 170 Å². The number of pyridine rings is 2. The van der Waals surface area contributed by atoms with Crippen LogP contribution in [0.5, 0.6) is 17.4 Å². The highest BCUT2D eigenvalue weighted by Crippen LogP contribution is 2.23. The van der Waals surface area contributed by atoms with Gasteiger partial charge >= 0.3 is 0 Å². The Morgan fingerprint density at radius 3 is 2.45 bits per heavy atom. The van der Waals surface area contributed by atoms with Gasteiger partial charge in [0, 0.05) is 32.1 Å². The quantitative estimate of drug-likeness (QED) is 0.452. The van der Waals surface area contributed by atoms with Crippen LogP contribution < -0.4 is 20.1 Å². The van der Waals surface area contributed by atoms with Crippen LogP contribution in [-0.4, -0.2) is 29.6 Å². The molecule has 0 radical (unpaired) electrons. The van der Waals surface area contributed by atoms with Crippen LogP contribution in [-0.2, 0) is 13.1 Å². The van der Waals surface area contributed by atoms with Gasteiger partial charge in [-0.2, -0.15) is 0 Å². The monoisotopic (exact) mass is 391 g/mol. The van der Waals surface area contributed by atoms with E-state index in [0.717, 1.165) is 17.0 Å². The number of nitrogens with one attached hydrogen (secondary N) is 2. The third-order valence-electron chi connectivity index (χ3n) is 4.00. The Morgan fingerprint density at radius 1 is 0.931 bits per heavy atom. The molecule has 1 aromatic carbocycles. The van der Waals surface area contributed by atoms with Gasteiger partial charge in [-0.25, -0.2) is 4.98 Å². The average molecular weight is 391 g/mol. The Morgan fingerprint density at radius 2 is 1.72 bits per heavy atom. The van der Waals surface area contributed by atoms with Gasteiger partial charge in [-0.05, 0) is 55.0 Å². The molecule has 0 aliphatic carbocycles. The molecule has 3 rings (SSSR count). The van der Waals surface area contributed by atoms with Gasteiger partial charge in [0.1, 0.15) is 11.5 Å². The number of guanidine groups is 1. The molecule has 0 atom stereocenters. The Bertz CT molecular complexity index is 914. The van der Waals surface area contributed by atoms with Crippen molar-refractivity contribution in [2.75, 3.05) is 13.7 Å². The molecule has 2 N–H and O–H groups in total. The maximum atomic E-state index is 5.84. The zero-order valence-corrected chi connectivity index (χ0v) is 16.6. The highest BCUT2D eigenvalue weighted by atomic mass is 16.5. The van der Waals surface area contributed by atoms with E-state index in [1.54, 1.807) is 19.4 Å². The molecule has 29 heavy (non-hydrogen) atoms. The molecular formula is C22H25N5O2. The molecule has 7 heteroatoms. The fourth-order valence-corrected chi connectivity index (χ4v) is 2.59. The molecule has 0 amide bonds. The van der Waals surface area contributed by atoms with E-state index in [0.29, 0.717) is 37.3 Å². The predicted octanol–water partition coefficient (Wildman–Crippen LogP) is 3.53. The van der Waals surface area contributed by atoms with Crippen LogP contribution in [0, 0.1) is 0 Å². The molecule has 2 aromatic heterocycles. The lowest BCUT2D eigenvalue weighted by Crippen LogP contribution is -2.36. The molecule has 0 saturated carbocycles. The third kappa shape index (κ3) is 6.49. The lowest BCUT2D eigenvalue weighted by Gasteiger charge is -2.12. The first-order valence-corrected chi connectivity index (χ1v) is 9.47. The lowest BCUT2D eigenvalue weighted by atomic mass is 10.2. The summed E-state index contributed by atoms with van der Waals surface area (Å²) in [6, 6.07) is 17.1. The van der Waals surface area contributed by atoms with Gasteiger partial charge in [-0.3, -0.25) is 9.98 Å². The number of nitrogens with zero attached hydrogens (tertiary/aromatic N) is 3. The second-order valence-corrected chi connectivity index (χ2v) is 6.11. The van der Waals surface area contributed by atoms with Crippen molar-refractivity contribution < 1.29 is 9.47 Å². The number of aromatic nitrogens is 2. The van der Waals surface area contributed by atoms with Crippen molar-refractivity contribution in [3.63, 3.8) is 0 Å². The Kier molecular flexibility index (Phi) is 7.40. The molecule has 0 unspecified atom stereocenters. The van der Waals surface area contributed by atoms with Crippen LogP contribution >= 0.6 is 0 Å². The molecule has 0 aliphatic rings. The second kappa shape index (κ2) is 10.7. The number of rotatable bonds is 8. The van der Waals surface area contributed by atoms with Crippen molar-refractivity contribution in [2.24, 2.45) is 4.99 Å². The van der Waals surface area contributed by atoms with E-state index < -0.39 is 0 Å². The summed E-state index contributed by atoms with van der Waals surface area (Å²) in [5.74, 6) is 2.75. The van der Waals surface area contributed by atoms with Crippen LogP contribution in [0.15, 0.2) is 72.0 Å². The summed E-state index contributed by atoms with van der Waals surface area (Å²) in [5.41, 5.74) is 1.98. The zero-order valence-electron chi connectivity index (χ0n) is 16.6. The van der Waals surface area contributed by atoms with E-state index in [9.17, 15) is 0 Å². The van der Waals surface area contributed by atoms with Crippen LogP contribution in [0.1, 0.15) is 18.2 Å². The van der Waals surface area contributed by atoms with Gasteiger partial charge in [0.15, 0.2) is 5.96 Å². The number of ether oxygens (including phenoxy) is 2. The maximum Gasteiger partial charge on any atom is 0.219 e. The van der Waals surface area contributed by atoms with Crippen molar-refractivity contribution in [1.29, 1.82) is 0 Å². The lowest BCUT2D eigenvalue weighted by molar-refractivity contribution is 0.339. The van der Waals surface area contributed by atoms with E-state index in [1.165, 1.54) is 0 Å². The summed E-state index contributed by atoms with van der Waals surface area (Å²) < 4.78 is 11.3. The Balaban J connectivity index is 1.53. The minimum absolute atomic E-state index is 0.532. The van der Waals surface area contributed by atoms with Gasteiger partial charge in [-0.15, -0.1) is 0 Å². The van der Waals surface area contributed by atoms with Crippen molar-refractivity contribution in [1.82, 2.24) is 20.6 Å². The van der Waals surface area contributed by atoms with Crippen LogP contribution in [0.2, 0.25) is 0 Å². The maximum absolute atomic E-state index is 5.84. The minimum Gasteiger partial charge on any atom is -0.494 e. The Hall–Kier alpha value is -3.61. The topological polar surface area (TPSA) is 80.7 Å². The normalized spacial score (nSPS) is 11.0. The zero-order chi connectivity index (χ0) is 20.3. The van der Waals surface area contributed by atoms with Gasteiger partial charge in [0.25, 0.3) is 0 Å². The van der Waals surface area contributed by atoms with Crippen LogP contribution in [0.25, 0.3) is 0 Å². The predicted molar refractivity (Wildman–Crippen MR) is 113 cm³/mol. The molecule has 2 heterocycles. The summed E-state index contributed by atoms with van der Waals surface area (Å²) >= 11 is 0. The van der Waals surface area contributed by atoms with E-state index in [2.05, 4.69) is 25.6 Å². The van der Waals surface area contributed by atoms with E-state index in [1.807, 2.05) is 61.5 Å². The molecule has 0 saturated heterocycles. The van der Waals surface area contributed by atoms with Gasteiger partial charge < -0.3 is 20.1 Å². The largest absolute Gasteiger partial charge is 0.494 e. The van der Waals surface area contributed by atoms with Crippen LogP contribution in [0.4, 0.5) is 0 Å². The van der Waals surface area contributed by atoms with Crippen molar-refractivity contribution in [2.45, 2.75) is 20.0 Å². The molecule has 0 bridgehead atoms. The van der Waals surface area contributed by atoms with Gasteiger partial charge in [0.2, 0.25) is 5.88 Å². The van der Waals surface area contributed by atoms with Crippen LogP contribution in [0.3, 0.4) is 0 Å². The molecular weight excluding hydrogens is 366 g/mol.